The molecule has 1 fully saturated rings. The Balaban J connectivity index is 2.19. The van der Waals surface area contributed by atoms with E-state index in [1.807, 2.05) is 6.20 Å². The van der Waals surface area contributed by atoms with Gasteiger partial charge in [0.15, 0.2) is 0 Å². The Labute approximate surface area is 104 Å². The largest absolute Gasteiger partial charge is 0.350 e. The number of nitrogens with one attached hydrogen (secondary N) is 1. The standard InChI is InChI=1S/C10H15IN4/c1-2-3-15(8-4-12-5-8)10-9(11)6-13-7-14-10/h6-8,12H,2-5H2,1H3. The Morgan fingerprint density at radius 2 is 2.40 bits per heavy atom. The van der Waals surface area contributed by atoms with Crippen molar-refractivity contribution in [3.8, 4) is 0 Å². The SMILES string of the molecule is CCCN(c1ncncc1I)C1CNC1. The number of halogens is 1. The molecule has 4 nitrogen and oxygen atoms in total. The van der Waals surface area contributed by atoms with Crippen molar-refractivity contribution in [1.29, 1.82) is 0 Å². The second-order valence-corrected chi connectivity index (χ2v) is 4.86. The van der Waals surface area contributed by atoms with E-state index in [-0.39, 0.29) is 0 Å². The third-order valence-corrected chi connectivity index (χ3v) is 3.35. The molecule has 2 heterocycles. The molecule has 1 aliphatic heterocycles. The Hall–Kier alpha value is -0.430. The molecule has 0 unspecified atom stereocenters. The molecule has 5 heteroatoms. The van der Waals surface area contributed by atoms with E-state index < -0.39 is 0 Å². The monoisotopic (exact) mass is 318 g/mol. The molecule has 1 aromatic rings. The van der Waals surface area contributed by atoms with Gasteiger partial charge in [0.25, 0.3) is 0 Å². The molecule has 0 bridgehead atoms. The van der Waals surface area contributed by atoms with Crippen LogP contribution in [0.4, 0.5) is 5.82 Å². The number of hydrogen-bond donors (Lipinski definition) is 1. The molecule has 0 atom stereocenters. The first kappa shape index (κ1) is 11.1. The van der Waals surface area contributed by atoms with Crippen LogP contribution in [0, 0.1) is 3.57 Å². The molecule has 0 radical (unpaired) electrons. The van der Waals surface area contributed by atoms with Crippen LogP contribution in [0.1, 0.15) is 13.3 Å². The lowest BCUT2D eigenvalue weighted by Crippen LogP contribution is -2.58. The van der Waals surface area contributed by atoms with Crippen molar-refractivity contribution < 1.29 is 0 Å². The van der Waals surface area contributed by atoms with E-state index >= 15 is 0 Å². The van der Waals surface area contributed by atoms with Crippen molar-refractivity contribution in [2.75, 3.05) is 24.5 Å². The maximum Gasteiger partial charge on any atom is 0.145 e. The minimum Gasteiger partial charge on any atom is -0.350 e. The van der Waals surface area contributed by atoms with E-state index in [1.165, 1.54) is 0 Å². The summed E-state index contributed by atoms with van der Waals surface area (Å²) in [6, 6.07) is 0.605. The van der Waals surface area contributed by atoms with Crippen molar-refractivity contribution in [2.45, 2.75) is 19.4 Å². The predicted octanol–water partition coefficient (Wildman–Crippen LogP) is 1.27. The minimum absolute atomic E-state index is 0.605. The lowest BCUT2D eigenvalue weighted by atomic mass is 10.1. The Bertz CT molecular complexity index is 327. The Kier molecular flexibility index (Phi) is 3.74. The van der Waals surface area contributed by atoms with Crippen LogP contribution >= 0.6 is 22.6 Å². The van der Waals surface area contributed by atoms with E-state index in [4.69, 9.17) is 0 Å². The summed E-state index contributed by atoms with van der Waals surface area (Å²) in [7, 11) is 0. The third kappa shape index (κ3) is 2.39. The van der Waals surface area contributed by atoms with Gasteiger partial charge in [0.1, 0.15) is 12.1 Å². The zero-order valence-corrected chi connectivity index (χ0v) is 10.9. The minimum atomic E-state index is 0.605. The normalized spacial score (nSPS) is 16.1. The highest BCUT2D eigenvalue weighted by Crippen LogP contribution is 2.21. The summed E-state index contributed by atoms with van der Waals surface area (Å²) in [5, 5.41) is 3.30. The second-order valence-electron chi connectivity index (χ2n) is 3.70. The molecule has 15 heavy (non-hydrogen) atoms. The summed E-state index contributed by atoms with van der Waals surface area (Å²) >= 11 is 2.30. The highest BCUT2D eigenvalue weighted by atomic mass is 127. The van der Waals surface area contributed by atoms with Crippen LogP contribution < -0.4 is 10.2 Å². The summed E-state index contributed by atoms with van der Waals surface area (Å²) in [6.07, 6.45) is 4.65. The molecule has 1 aliphatic rings. The van der Waals surface area contributed by atoms with Crippen LogP contribution in [-0.4, -0.2) is 35.6 Å². The average molecular weight is 318 g/mol. The fraction of sp³-hybridized carbons (Fsp3) is 0.600. The first-order valence-electron chi connectivity index (χ1n) is 5.25. The first-order chi connectivity index (χ1) is 7.33. The first-order valence-corrected chi connectivity index (χ1v) is 6.33. The van der Waals surface area contributed by atoms with Gasteiger partial charge in [0.2, 0.25) is 0 Å². The molecule has 1 saturated heterocycles. The lowest BCUT2D eigenvalue weighted by Gasteiger charge is -2.39. The maximum absolute atomic E-state index is 4.38. The van der Waals surface area contributed by atoms with Crippen molar-refractivity contribution in [3.63, 3.8) is 0 Å². The molecule has 1 N–H and O–H groups in total. The summed E-state index contributed by atoms with van der Waals surface area (Å²) in [4.78, 5) is 10.8. The molecule has 0 amide bonds. The van der Waals surface area contributed by atoms with Gasteiger partial charge in [0.05, 0.1) is 9.61 Å². The molecule has 0 spiro atoms. The van der Waals surface area contributed by atoms with Crippen LogP contribution in [0.2, 0.25) is 0 Å². The van der Waals surface area contributed by atoms with Gasteiger partial charge in [-0.3, -0.25) is 0 Å². The molecule has 0 saturated carbocycles. The lowest BCUT2D eigenvalue weighted by molar-refractivity contribution is 0.410. The topological polar surface area (TPSA) is 41.1 Å². The van der Waals surface area contributed by atoms with Gasteiger partial charge in [-0.2, -0.15) is 0 Å². The van der Waals surface area contributed by atoms with Gasteiger partial charge in [-0.15, -0.1) is 0 Å². The Morgan fingerprint density at radius 3 is 2.93 bits per heavy atom. The van der Waals surface area contributed by atoms with Gasteiger partial charge < -0.3 is 10.2 Å². The zero-order valence-electron chi connectivity index (χ0n) is 8.78. The highest BCUT2D eigenvalue weighted by Gasteiger charge is 2.26. The number of hydrogen-bond acceptors (Lipinski definition) is 4. The number of rotatable bonds is 4. The van der Waals surface area contributed by atoms with E-state index in [0.29, 0.717) is 6.04 Å². The average Bonchev–Trinajstić information content (AvgIpc) is 2.15. The van der Waals surface area contributed by atoms with Crippen LogP contribution in [0.15, 0.2) is 12.5 Å². The van der Waals surface area contributed by atoms with E-state index in [1.54, 1.807) is 6.33 Å². The second kappa shape index (κ2) is 5.07. The van der Waals surface area contributed by atoms with Crippen molar-refractivity contribution in [2.24, 2.45) is 0 Å². The predicted molar refractivity (Wildman–Crippen MR) is 69.0 cm³/mol. The van der Waals surface area contributed by atoms with Gasteiger partial charge in [-0.25, -0.2) is 9.97 Å². The van der Waals surface area contributed by atoms with Gasteiger partial charge in [-0.1, -0.05) is 6.92 Å². The van der Waals surface area contributed by atoms with Crippen molar-refractivity contribution in [3.05, 3.63) is 16.1 Å². The molecule has 2 rings (SSSR count). The summed E-state index contributed by atoms with van der Waals surface area (Å²) < 4.78 is 1.13. The molecule has 82 valence electrons. The summed E-state index contributed by atoms with van der Waals surface area (Å²) in [5.41, 5.74) is 0. The summed E-state index contributed by atoms with van der Waals surface area (Å²) in [5.74, 6) is 1.08. The molecule has 0 aliphatic carbocycles. The number of nitrogens with zero attached hydrogens (tertiary/aromatic N) is 3. The fourth-order valence-electron chi connectivity index (χ4n) is 1.71. The smallest absolute Gasteiger partial charge is 0.145 e. The van der Waals surface area contributed by atoms with Crippen LogP contribution in [0.5, 0.6) is 0 Å². The molecular weight excluding hydrogens is 303 g/mol. The van der Waals surface area contributed by atoms with Crippen molar-refractivity contribution in [1.82, 2.24) is 15.3 Å². The van der Waals surface area contributed by atoms with Gasteiger partial charge in [-0.05, 0) is 29.0 Å². The van der Waals surface area contributed by atoms with E-state index in [2.05, 4.69) is 49.7 Å². The molecule has 0 aromatic carbocycles. The summed E-state index contributed by atoms with van der Waals surface area (Å²) in [6.45, 7) is 5.41. The van der Waals surface area contributed by atoms with Gasteiger partial charge >= 0.3 is 0 Å². The Morgan fingerprint density at radius 1 is 1.60 bits per heavy atom. The number of aromatic nitrogens is 2. The fourth-order valence-corrected chi connectivity index (χ4v) is 2.32. The van der Waals surface area contributed by atoms with E-state index in [9.17, 15) is 0 Å². The quantitative estimate of drug-likeness (QED) is 0.849. The third-order valence-electron chi connectivity index (χ3n) is 2.59. The zero-order chi connectivity index (χ0) is 10.7. The number of anilines is 1. The van der Waals surface area contributed by atoms with Gasteiger partial charge in [0, 0.05) is 25.8 Å². The maximum atomic E-state index is 4.38. The molecular formula is C10H15IN4. The van der Waals surface area contributed by atoms with Crippen LogP contribution in [-0.2, 0) is 0 Å². The van der Waals surface area contributed by atoms with Crippen molar-refractivity contribution >= 4 is 28.4 Å². The van der Waals surface area contributed by atoms with Crippen LogP contribution in [0.25, 0.3) is 0 Å². The van der Waals surface area contributed by atoms with Crippen LogP contribution in [0.3, 0.4) is 0 Å². The molecule has 1 aromatic heterocycles. The van der Waals surface area contributed by atoms with E-state index in [0.717, 1.165) is 35.4 Å². The highest BCUT2D eigenvalue weighted by molar-refractivity contribution is 14.1.